The zero-order valence-electron chi connectivity index (χ0n) is 48.9. The van der Waals surface area contributed by atoms with E-state index in [1.807, 2.05) is 6.08 Å². The second kappa shape index (κ2) is 54.3. The van der Waals surface area contributed by atoms with Crippen LogP contribution >= 0.6 is 0 Å². The fourth-order valence-corrected chi connectivity index (χ4v) is 10.4. The molecule has 442 valence electrons. The molecule has 1 aliphatic heterocycles. The quantitative estimate of drug-likeness (QED) is 0.0232. The molecule has 0 saturated carbocycles. The fraction of sp³-hybridized carbons (Fsp3) is 0.892. The summed E-state index contributed by atoms with van der Waals surface area (Å²) < 4.78 is 11.2. The molecule has 1 heterocycles. The molecule has 1 saturated heterocycles. The number of allylic oxidation sites excluding steroid dienone is 5. The number of unbranched alkanes of at least 4 members (excludes halogenated alkanes) is 41. The summed E-state index contributed by atoms with van der Waals surface area (Å²) in [5, 5.41) is 65.0. The van der Waals surface area contributed by atoms with E-state index in [-0.39, 0.29) is 6.61 Å². The summed E-state index contributed by atoms with van der Waals surface area (Å²) in [5.74, 6) is -0.626. The van der Waals surface area contributed by atoms with Crippen molar-refractivity contribution in [3.05, 3.63) is 36.5 Å². The van der Waals surface area contributed by atoms with Gasteiger partial charge in [-0.3, -0.25) is 4.79 Å². The van der Waals surface area contributed by atoms with Crippen molar-refractivity contribution >= 4 is 5.91 Å². The summed E-state index contributed by atoms with van der Waals surface area (Å²) in [6.07, 6.45) is 61.6. The number of aliphatic hydroxyl groups is 6. The average Bonchev–Trinajstić information content (AvgIpc) is 3.41. The summed E-state index contributed by atoms with van der Waals surface area (Å²) >= 11 is 0. The SMILES string of the molecule is CCCCCC/C=C/CC/C=C/CC/C=C/C(O)C(COC1OC(CO)C(O)C(O)C1O)NC(=O)C(O)CCCCCCCCCCCCCCCCCCCCCCCCCCCCCCCCCCCCCC. The maximum atomic E-state index is 13.1. The largest absolute Gasteiger partial charge is 0.394 e. The second-order valence-corrected chi connectivity index (χ2v) is 22.7. The van der Waals surface area contributed by atoms with Gasteiger partial charge in [0.05, 0.1) is 25.4 Å². The van der Waals surface area contributed by atoms with Crippen molar-refractivity contribution in [2.75, 3.05) is 13.2 Å². The Morgan fingerprint density at radius 3 is 1.16 bits per heavy atom. The van der Waals surface area contributed by atoms with Crippen LogP contribution in [-0.2, 0) is 14.3 Å². The molecule has 10 nitrogen and oxygen atoms in total. The number of amides is 1. The van der Waals surface area contributed by atoms with Crippen LogP contribution in [0, 0.1) is 0 Å². The molecular weight excluding hydrogens is 939 g/mol. The molecule has 10 heteroatoms. The van der Waals surface area contributed by atoms with Crippen LogP contribution in [-0.4, -0.2) is 98.7 Å². The van der Waals surface area contributed by atoms with Crippen LogP contribution in [0.4, 0.5) is 0 Å². The zero-order valence-corrected chi connectivity index (χ0v) is 48.9. The molecule has 1 amide bonds. The van der Waals surface area contributed by atoms with E-state index in [2.05, 4.69) is 43.5 Å². The third-order valence-electron chi connectivity index (χ3n) is 15.6. The van der Waals surface area contributed by atoms with Gasteiger partial charge in [0.1, 0.15) is 30.5 Å². The molecule has 7 N–H and O–H groups in total. The van der Waals surface area contributed by atoms with E-state index in [0.29, 0.717) is 19.3 Å². The Morgan fingerprint density at radius 2 is 0.787 bits per heavy atom. The van der Waals surface area contributed by atoms with E-state index >= 15 is 0 Å². The molecule has 0 aromatic rings. The van der Waals surface area contributed by atoms with Crippen LogP contribution in [0.1, 0.15) is 309 Å². The third kappa shape index (κ3) is 42.9. The molecule has 0 bridgehead atoms. The first-order valence-corrected chi connectivity index (χ1v) is 32.3. The summed E-state index contributed by atoms with van der Waals surface area (Å²) in [4.78, 5) is 13.1. The molecule has 0 radical (unpaired) electrons. The Labute approximate surface area is 462 Å². The number of nitrogens with one attached hydrogen (secondary N) is 1. The highest BCUT2D eigenvalue weighted by Gasteiger charge is 2.44. The van der Waals surface area contributed by atoms with Crippen molar-refractivity contribution in [3.8, 4) is 0 Å². The summed E-state index contributed by atoms with van der Waals surface area (Å²) in [6, 6.07) is -1.00. The first kappa shape index (κ1) is 71.4. The number of hydrogen-bond acceptors (Lipinski definition) is 9. The molecule has 0 aliphatic carbocycles. The molecule has 75 heavy (non-hydrogen) atoms. The molecule has 0 aromatic carbocycles. The molecule has 8 unspecified atom stereocenters. The van der Waals surface area contributed by atoms with Gasteiger partial charge in [0, 0.05) is 0 Å². The van der Waals surface area contributed by atoms with Crippen molar-refractivity contribution in [3.63, 3.8) is 0 Å². The molecule has 0 spiro atoms. The van der Waals surface area contributed by atoms with Crippen molar-refractivity contribution in [1.82, 2.24) is 5.32 Å². The van der Waals surface area contributed by atoms with Crippen molar-refractivity contribution in [2.24, 2.45) is 0 Å². The number of ether oxygens (including phenoxy) is 2. The number of hydrogen-bond donors (Lipinski definition) is 7. The molecule has 1 aliphatic rings. The number of carbonyl (C=O) groups excluding carboxylic acids is 1. The summed E-state index contributed by atoms with van der Waals surface area (Å²) in [5.41, 5.74) is 0. The Balaban J connectivity index is 2.09. The van der Waals surface area contributed by atoms with Gasteiger partial charge in [-0.25, -0.2) is 0 Å². The minimum Gasteiger partial charge on any atom is -0.394 e. The first-order valence-electron chi connectivity index (χ1n) is 32.3. The van der Waals surface area contributed by atoms with Gasteiger partial charge in [-0.05, 0) is 44.9 Å². The lowest BCUT2D eigenvalue weighted by Crippen LogP contribution is -2.60. The predicted octanol–water partition coefficient (Wildman–Crippen LogP) is 15.7. The monoisotopic (exact) mass is 1060 g/mol. The lowest BCUT2D eigenvalue weighted by atomic mass is 9.99. The molecule has 0 aromatic heterocycles. The maximum absolute atomic E-state index is 13.1. The first-order chi connectivity index (χ1) is 36.8. The van der Waals surface area contributed by atoms with E-state index in [0.717, 1.165) is 44.9 Å². The Kier molecular flexibility index (Phi) is 51.7. The van der Waals surface area contributed by atoms with Gasteiger partial charge in [-0.1, -0.05) is 301 Å². The molecule has 1 rings (SSSR count). The minimum absolute atomic E-state index is 0.304. The Bertz CT molecular complexity index is 1290. The molecule has 1 fully saturated rings. The van der Waals surface area contributed by atoms with E-state index in [1.165, 1.54) is 231 Å². The van der Waals surface area contributed by atoms with E-state index in [1.54, 1.807) is 6.08 Å². The second-order valence-electron chi connectivity index (χ2n) is 22.7. The predicted molar refractivity (Wildman–Crippen MR) is 315 cm³/mol. The topological polar surface area (TPSA) is 169 Å². The van der Waals surface area contributed by atoms with E-state index in [4.69, 9.17) is 9.47 Å². The number of carbonyl (C=O) groups is 1. The summed E-state index contributed by atoms with van der Waals surface area (Å²) in [7, 11) is 0. The van der Waals surface area contributed by atoms with Gasteiger partial charge in [-0.15, -0.1) is 0 Å². The van der Waals surface area contributed by atoms with Crippen LogP contribution < -0.4 is 5.32 Å². The van der Waals surface area contributed by atoms with Gasteiger partial charge in [0.15, 0.2) is 6.29 Å². The van der Waals surface area contributed by atoms with Crippen molar-refractivity contribution in [1.29, 1.82) is 0 Å². The Morgan fingerprint density at radius 1 is 0.453 bits per heavy atom. The Hall–Kier alpha value is -1.63. The highest BCUT2D eigenvalue weighted by Crippen LogP contribution is 2.23. The molecule has 8 atom stereocenters. The lowest BCUT2D eigenvalue weighted by molar-refractivity contribution is -0.302. The fourth-order valence-electron chi connectivity index (χ4n) is 10.4. The number of aliphatic hydroxyl groups excluding tert-OH is 6. The normalized spacial score (nSPS) is 19.5. The third-order valence-corrected chi connectivity index (χ3v) is 15.6. The van der Waals surface area contributed by atoms with Gasteiger partial charge >= 0.3 is 0 Å². The molecular formula is C65H123NO9. The van der Waals surface area contributed by atoms with Crippen LogP contribution in [0.15, 0.2) is 36.5 Å². The zero-order chi connectivity index (χ0) is 54.5. The van der Waals surface area contributed by atoms with E-state index < -0.39 is 61.5 Å². The average molecular weight is 1060 g/mol. The highest BCUT2D eigenvalue weighted by atomic mass is 16.7. The van der Waals surface area contributed by atoms with Crippen LogP contribution in [0.3, 0.4) is 0 Å². The van der Waals surface area contributed by atoms with Crippen LogP contribution in [0.2, 0.25) is 0 Å². The van der Waals surface area contributed by atoms with Crippen LogP contribution in [0.25, 0.3) is 0 Å². The van der Waals surface area contributed by atoms with Gasteiger partial charge in [-0.2, -0.15) is 0 Å². The van der Waals surface area contributed by atoms with Crippen molar-refractivity contribution in [2.45, 2.75) is 358 Å². The van der Waals surface area contributed by atoms with Gasteiger partial charge < -0.3 is 45.4 Å². The summed E-state index contributed by atoms with van der Waals surface area (Å²) in [6.45, 7) is 3.60. The highest BCUT2D eigenvalue weighted by molar-refractivity contribution is 5.80. The number of rotatable bonds is 56. The minimum atomic E-state index is -1.62. The smallest absolute Gasteiger partial charge is 0.249 e. The standard InChI is InChI=1S/C65H123NO9/c1-3-5-7-9-11-13-15-17-19-20-21-22-23-24-25-26-27-28-29-30-31-32-33-34-35-36-37-38-39-40-42-44-46-48-50-52-54-59(69)64(73)66-57(56-74-65-63(72)62(71)61(70)60(55-67)75-65)58(68)53-51-49-47-45-43-41-18-16-14-12-10-8-6-4-2/h14,16,43,45,51,53,57-63,65,67-72H,3-13,15,17-42,44,46-50,52,54-56H2,1-2H3,(H,66,73)/b16-14+,45-43+,53-51+. The van der Waals surface area contributed by atoms with Gasteiger partial charge in [0.2, 0.25) is 5.91 Å². The van der Waals surface area contributed by atoms with E-state index in [9.17, 15) is 35.4 Å². The van der Waals surface area contributed by atoms with Crippen molar-refractivity contribution < 1.29 is 44.9 Å². The van der Waals surface area contributed by atoms with Crippen LogP contribution in [0.5, 0.6) is 0 Å². The maximum Gasteiger partial charge on any atom is 0.249 e. The van der Waals surface area contributed by atoms with Gasteiger partial charge in [0.25, 0.3) is 0 Å². The lowest BCUT2D eigenvalue weighted by Gasteiger charge is -2.40.